The third-order valence-corrected chi connectivity index (χ3v) is 5.41. The number of aryl methyl sites for hydroxylation is 1. The largest absolute Gasteiger partial charge is 0.497 e. The van der Waals surface area contributed by atoms with Gasteiger partial charge in [0, 0.05) is 25.7 Å². The van der Waals surface area contributed by atoms with Gasteiger partial charge in [-0.2, -0.15) is 5.10 Å². The first-order chi connectivity index (χ1) is 16.9. The van der Waals surface area contributed by atoms with Gasteiger partial charge in [0.05, 0.1) is 43.4 Å². The number of nitrogens with zero attached hydrogens (tertiary/aromatic N) is 3. The van der Waals surface area contributed by atoms with Gasteiger partial charge in [0.15, 0.2) is 0 Å². The van der Waals surface area contributed by atoms with Crippen LogP contribution in [0.1, 0.15) is 25.1 Å². The van der Waals surface area contributed by atoms with Crippen LogP contribution in [0.4, 0.5) is 0 Å². The van der Waals surface area contributed by atoms with E-state index in [0.717, 1.165) is 29.2 Å². The minimum atomic E-state index is -0.610. The Hall–Kier alpha value is -3.13. The van der Waals surface area contributed by atoms with Crippen LogP contribution in [0.2, 0.25) is 0 Å². The van der Waals surface area contributed by atoms with Crippen molar-refractivity contribution in [1.82, 2.24) is 14.7 Å². The van der Waals surface area contributed by atoms with Crippen molar-refractivity contribution in [3.63, 3.8) is 0 Å². The predicted octanol–water partition coefficient (Wildman–Crippen LogP) is 5.00. The number of aliphatic hydroxyl groups excluding tert-OH is 1. The fraction of sp³-hybridized carbons (Fsp3) is 0.393. The van der Waals surface area contributed by atoms with Crippen LogP contribution < -0.4 is 9.47 Å². The minimum absolute atomic E-state index is 0.260. The van der Waals surface area contributed by atoms with Gasteiger partial charge >= 0.3 is 0 Å². The molecule has 0 aliphatic rings. The van der Waals surface area contributed by atoms with Crippen molar-refractivity contribution in [3.8, 4) is 23.1 Å². The summed E-state index contributed by atoms with van der Waals surface area (Å²) < 4.78 is 19.1. The summed E-state index contributed by atoms with van der Waals surface area (Å²) in [5.74, 6) is 2.45. The van der Waals surface area contributed by atoms with E-state index < -0.39 is 6.10 Å². The van der Waals surface area contributed by atoms with E-state index in [1.807, 2.05) is 66.2 Å². The number of para-hydroxylation sites is 1. The summed E-state index contributed by atoms with van der Waals surface area (Å²) in [6.07, 6.45) is 1.07. The van der Waals surface area contributed by atoms with Crippen LogP contribution in [0, 0.1) is 12.8 Å². The van der Waals surface area contributed by atoms with E-state index in [2.05, 4.69) is 25.3 Å². The lowest BCUT2D eigenvalue weighted by Crippen LogP contribution is -2.37. The summed E-state index contributed by atoms with van der Waals surface area (Å²) >= 11 is 0. The molecule has 0 radical (unpaired) electrons. The highest BCUT2D eigenvalue weighted by Gasteiger charge is 2.23. The third kappa shape index (κ3) is 7.68. The van der Waals surface area contributed by atoms with Crippen molar-refractivity contribution < 1.29 is 19.3 Å². The van der Waals surface area contributed by atoms with Crippen LogP contribution in [-0.4, -0.2) is 59.3 Å². The SMILES string of the molecule is C=CCOC[C@@H](O)CN(Cc1c(C)nn(-c2ccccc2)c1Oc1cccc(OC)c1)CC(C)C. The second-order valence-corrected chi connectivity index (χ2v) is 8.97. The molecule has 35 heavy (non-hydrogen) atoms. The van der Waals surface area contributed by atoms with Crippen LogP contribution in [-0.2, 0) is 11.3 Å². The van der Waals surface area contributed by atoms with Crippen molar-refractivity contribution in [2.45, 2.75) is 33.4 Å². The lowest BCUT2D eigenvalue weighted by Gasteiger charge is -2.27. The molecule has 1 N–H and O–H groups in total. The molecule has 7 nitrogen and oxygen atoms in total. The molecule has 1 heterocycles. The first-order valence-electron chi connectivity index (χ1n) is 12.0. The Morgan fingerprint density at radius 2 is 1.83 bits per heavy atom. The minimum Gasteiger partial charge on any atom is -0.497 e. The van der Waals surface area contributed by atoms with Gasteiger partial charge in [-0.15, -0.1) is 6.58 Å². The zero-order chi connectivity index (χ0) is 25.2. The molecule has 3 rings (SSSR count). The van der Waals surface area contributed by atoms with Crippen LogP contribution >= 0.6 is 0 Å². The number of aromatic nitrogens is 2. The molecule has 1 aromatic heterocycles. The van der Waals surface area contributed by atoms with Crippen LogP contribution in [0.3, 0.4) is 0 Å². The molecule has 0 bridgehead atoms. The first-order valence-corrected chi connectivity index (χ1v) is 12.0. The van der Waals surface area contributed by atoms with E-state index in [9.17, 15) is 5.11 Å². The maximum atomic E-state index is 10.6. The van der Waals surface area contributed by atoms with E-state index in [1.165, 1.54) is 0 Å². The highest BCUT2D eigenvalue weighted by Crippen LogP contribution is 2.33. The van der Waals surface area contributed by atoms with E-state index in [4.69, 9.17) is 19.3 Å². The number of methoxy groups -OCH3 is 1. The maximum absolute atomic E-state index is 10.6. The molecule has 3 aromatic rings. The van der Waals surface area contributed by atoms with Gasteiger partial charge < -0.3 is 19.3 Å². The maximum Gasteiger partial charge on any atom is 0.227 e. The van der Waals surface area contributed by atoms with Crippen LogP contribution in [0.5, 0.6) is 17.4 Å². The Bertz CT molecular complexity index is 1070. The number of hydrogen-bond acceptors (Lipinski definition) is 6. The van der Waals surface area contributed by atoms with Gasteiger partial charge in [0.25, 0.3) is 0 Å². The highest BCUT2D eigenvalue weighted by atomic mass is 16.5. The van der Waals surface area contributed by atoms with Gasteiger partial charge in [-0.05, 0) is 37.1 Å². The summed E-state index contributed by atoms with van der Waals surface area (Å²) in [6, 6.07) is 17.5. The normalized spacial score (nSPS) is 12.2. The number of ether oxygens (including phenoxy) is 3. The first kappa shape index (κ1) is 26.5. The van der Waals surface area contributed by atoms with Gasteiger partial charge in [0.1, 0.15) is 11.5 Å². The van der Waals surface area contributed by atoms with Crippen molar-refractivity contribution >= 4 is 0 Å². The quantitative estimate of drug-likeness (QED) is 0.259. The Labute approximate surface area is 208 Å². The molecule has 1 atom stereocenters. The van der Waals surface area contributed by atoms with E-state index in [1.54, 1.807) is 13.2 Å². The summed E-state index contributed by atoms with van der Waals surface area (Å²) in [6.45, 7) is 12.5. The molecule has 7 heteroatoms. The number of rotatable bonds is 14. The molecular formula is C28H37N3O4. The summed E-state index contributed by atoms with van der Waals surface area (Å²) in [5, 5.41) is 15.4. The Balaban J connectivity index is 1.95. The third-order valence-electron chi connectivity index (χ3n) is 5.41. The molecule has 0 unspecified atom stereocenters. The molecular weight excluding hydrogens is 442 g/mol. The predicted molar refractivity (Wildman–Crippen MR) is 139 cm³/mol. The van der Waals surface area contributed by atoms with E-state index in [-0.39, 0.29) is 6.61 Å². The lowest BCUT2D eigenvalue weighted by atomic mass is 10.1. The van der Waals surface area contributed by atoms with E-state index >= 15 is 0 Å². The Kier molecular flexibility index (Phi) is 9.90. The second-order valence-electron chi connectivity index (χ2n) is 8.97. The fourth-order valence-electron chi connectivity index (χ4n) is 3.93. The average Bonchev–Trinajstić information content (AvgIpc) is 3.14. The zero-order valence-corrected chi connectivity index (χ0v) is 21.2. The monoisotopic (exact) mass is 479 g/mol. The molecule has 0 fully saturated rings. The summed E-state index contributed by atoms with van der Waals surface area (Å²) in [7, 11) is 1.64. The molecule has 188 valence electrons. The van der Waals surface area contributed by atoms with Crippen molar-refractivity contribution in [2.24, 2.45) is 5.92 Å². The molecule has 0 saturated heterocycles. The van der Waals surface area contributed by atoms with Gasteiger partial charge in [-0.25, -0.2) is 4.68 Å². The van der Waals surface area contributed by atoms with Crippen LogP contribution in [0.15, 0.2) is 67.3 Å². The van der Waals surface area contributed by atoms with Crippen molar-refractivity contribution in [1.29, 1.82) is 0 Å². The molecule has 2 aromatic carbocycles. The Morgan fingerprint density at radius 3 is 2.51 bits per heavy atom. The average molecular weight is 480 g/mol. The highest BCUT2D eigenvalue weighted by molar-refractivity contribution is 5.44. The van der Waals surface area contributed by atoms with Gasteiger partial charge in [-0.1, -0.05) is 44.2 Å². The van der Waals surface area contributed by atoms with Crippen molar-refractivity contribution in [2.75, 3.05) is 33.4 Å². The number of benzene rings is 2. The topological polar surface area (TPSA) is 69.0 Å². The van der Waals surface area contributed by atoms with Gasteiger partial charge in [-0.3, -0.25) is 4.90 Å². The van der Waals surface area contributed by atoms with Crippen molar-refractivity contribution in [3.05, 3.63) is 78.5 Å². The number of aliphatic hydroxyl groups is 1. The smallest absolute Gasteiger partial charge is 0.227 e. The second kappa shape index (κ2) is 13.1. The van der Waals surface area contributed by atoms with Gasteiger partial charge in [0.2, 0.25) is 5.88 Å². The molecule has 0 aliphatic heterocycles. The molecule has 0 spiro atoms. The summed E-state index contributed by atoms with van der Waals surface area (Å²) in [4.78, 5) is 2.23. The molecule has 0 amide bonds. The lowest BCUT2D eigenvalue weighted by molar-refractivity contribution is 0.0222. The fourth-order valence-corrected chi connectivity index (χ4v) is 3.93. The summed E-state index contributed by atoms with van der Waals surface area (Å²) in [5.41, 5.74) is 2.75. The Morgan fingerprint density at radius 1 is 1.09 bits per heavy atom. The number of hydrogen-bond donors (Lipinski definition) is 1. The van der Waals surface area contributed by atoms with E-state index in [0.29, 0.717) is 37.2 Å². The van der Waals surface area contributed by atoms with Crippen LogP contribution in [0.25, 0.3) is 5.69 Å². The molecule has 0 aliphatic carbocycles. The molecule has 0 saturated carbocycles. The zero-order valence-electron chi connectivity index (χ0n) is 21.2. The standard InChI is InChI=1S/C28H37N3O4/c1-6-15-34-20-24(32)18-30(17-21(2)3)19-27-22(4)29-31(23-11-8-7-9-12-23)28(27)35-26-14-10-13-25(16-26)33-5/h6-14,16,21,24,32H,1,15,17-20H2,2-5H3/t24-/m0/s1.